The van der Waals surface area contributed by atoms with E-state index in [1.54, 1.807) is 7.11 Å². The first kappa shape index (κ1) is 12.9. The molecule has 1 N–H and O–H groups in total. The van der Waals surface area contributed by atoms with Crippen molar-refractivity contribution in [2.45, 2.75) is 24.5 Å². The molecule has 102 valence electrons. The fraction of sp³-hybridized carbons (Fsp3) is 0.533. The van der Waals surface area contributed by atoms with Gasteiger partial charge in [0, 0.05) is 11.8 Å². The van der Waals surface area contributed by atoms with Crippen molar-refractivity contribution >= 4 is 16.9 Å². The number of rotatable bonds is 5. The van der Waals surface area contributed by atoms with Gasteiger partial charge >= 0.3 is 0 Å². The molecule has 0 saturated heterocycles. The fourth-order valence-corrected chi connectivity index (χ4v) is 3.54. The van der Waals surface area contributed by atoms with Crippen molar-refractivity contribution in [3.8, 4) is 5.75 Å². The SMILES string of the molecule is COc1ccc(CCNC2=NCC(C3CC3)S2)cc1. The highest BCUT2D eigenvalue weighted by Gasteiger charge is 2.35. The van der Waals surface area contributed by atoms with Crippen molar-refractivity contribution in [1.29, 1.82) is 0 Å². The van der Waals surface area contributed by atoms with Gasteiger partial charge < -0.3 is 10.1 Å². The van der Waals surface area contributed by atoms with Crippen LogP contribution < -0.4 is 10.1 Å². The summed E-state index contributed by atoms with van der Waals surface area (Å²) in [6.45, 7) is 1.97. The molecule has 3 rings (SSSR count). The molecule has 0 radical (unpaired) electrons. The highest BCUT2D eigenvalue weighted by Crippen LogP contribution is 2.41. The molecule has 4 heteroatoms. The lowest BCUT2D eigenvalue weighted by Gasteiger charge is -2.08. The average molecular weight is 276 g/mol. The summed E-state index contributed by atoms with van der Waals surface area (Å²) in [6.07, 6.45) is 3.84. The molecule has 2 aliphatic rings. The predicted molar refractivity (Wildman–Crippen MR) is 81.1 cm³/mol. The minimum absolute atomic E-state index is 0.753. The van der Waals surface area contributed by atoms with Crippen LogP contribution in [0.1, 0.15) is 18.4 Å². The number of amidine groups is 1. The lowest BCUT2D eigenvalue weighted by Crippen LogP contribution is -2.22. The second-order valence-electron chi connectivity index (χ2n) is 5.16. The molecule has 1 heterocycles. The Kier molecular flexibility index (Phi) is 3.97. The number of hydrogen-bond donors (Lipinski definition) is 1. The minimum atomic E-state index is 0.753. The summed E-state index contributed by atoms with van der Waals surface area (Å²) in [7, 11) is 1.70. The van der Waals surface area contributed by atoms with Crippen LogP contribution in [0, 0.1) is 5.92 Å². The lowest BCUT2D eigenvalue weighted by atomic mass is 10.1. The van der Waals surface area contributed by atoms with Crippen molar-refractivity contribution in [3.63, 3.8) is 0 Å². The van der Waals surface area contributed by atoms with E-state index < -0.39 is 0 Å². The van der Waals surface area contributed by atoms with Crippen LogP contribution in [0.25, 0.3) is 0 Å². The summed E-state index contributed by atoms with van der Waals surface area (Å²) in [5.41, 5.74) is 1.33. The molecule has 1 fully saturated rings. The normalized spacial score (nSPS) is 22.2. The highest BCUT2D eigenvalue weighted by atomic mass is 32.2. The Bertz CT molecular complexity index is 454. The van der Waals surface area contributed by atoms with Crippen molar-refractivity contribution < 1.29 is 4.74 Å². The second kappa shape index (κ2) is 5.87. The molecule has 3 nitrogen and oxygen atoms in total. The van der Waals surface area contributed by atoms with Gasteiger partial charge in [-0.3, -0.25) is 4.99 Å². The molecule has 1 unspecified atom stereocenters. The number of hydrogen-bond acceptors (Lipinski definition) is 4. The molecule has 19 heavy (non-hydrogen) atoms. The van der Waals surface area contributed by atoms with Crippen LogP contribution in [-0.2, 0) is 6.42 Å². The zero-order valence-electron chi connectivity index (χ0n) is 11.3. The third-order valence-electron chi connectivity index (χ3n) is 3.67. The minimum Gasteiger partial charge on any atom is -0.497 e. The third kappa shape index (κ3) is 3.44. The van der Waals surface area contributed by atoms with E-state index in [2.05, 4.69) is 22.4 Å². The van der Waals surface area contributed by atoms with Gasteiger partial charge in [-0.25, -0.2) is 0 Å². The van der Waals surface area contributed by atoms with Gasteiger partial charge in [0.05, 0.1) is 13.7 Å². The number of benzene rings is 1. The summed E-state index contributed by atoms with van der Waals surface area (Å²) >= 11 is 1.94. The third-order valence-corrected chi connectivity index (χ3v) is 5.01. The van der Waals surface area contributed by atoms with Crippen LogP contribution in [0.3, 0.4) is 0 Å². The van der Waals surface area contributed by atoms with Crippen molar-refractivity contribution in [2.24, 2.45) is 10.9 Å². The van der Waals surface area contributed by atoms with E-state index in [-0.39, 0.29) is 0 Å². The zero-order chi connectivity index (χ0) is 13.1. The van der Waals surface area contributed by atoms with Gasteiger partial charge in [0.25, 0.3) is 0 Å². The maximum absolute atomic E-state index is 5.16. The Hall–Kier alpha value is -1.16. The summed E-state index contributed by atoms with van der Waals surface area (Å²) in [5.74, 6) is 1.86. The van der Waals surface area contributed by atoms with Gasteiger partial charge in [0.2, 0.25) is 0 Å². The summed E-state index contributed by atoms with van der Waals surface area (Å²) in [5, 5.41) is 5.35. The number of aliphatic imine (C=N–C) groups is 1. The number of nitrogens with one attached hydrogen (secondary N) is 1. The second-order valence-corrected chi connectivity index (χ2v) is 6.39. The van der Waals surface area contributed by atoms with Crippen LogP contribution in [0.2, 0.25) is 0 Å². The molecule has 1 aliphatic carbocycles. The molecule has 1 atom stereocenters. The van der Waals surface area contributed by atoms with Crippen molar-refractivity contribution in [2.75, 3.05) is 20.2 Å². The van der Waals surface area contributed by atoms with Crippen LogP contribution in [-0.4, -0.2) is 30.6 Å². The van der Waals surface area contributed by atoms with E-state index in [0.717, 1.165) is 41.6 Å². The first-order chi connectivity index (χ1) is 9.35. The van der Waals surface area contributed by atoms with Gasteiger partial charge in [0.15, 0.2) is 5.17 Å². The van der Waals surface area contributed by atoms with E-state index in [4.69, 9.17) is 4.74 Å². The number of ether oxygens (including phenoxy) is 1. The lowest BCUT2D eigenvalue weighted by molar-refractivity contribution is 0.414. The summed E-state index contributed by atoms with van der Waals surface area (Å²) < 4.78 is 5.16. The number of thioether (sulfide) groups is 1. The molecule has 1 aliphatic heterocycles. The van der Waals surface area contributed by atoms with E-state index in [0.29, 0.717) is 0 Å². The molecule has 0 amide bonds. The Morgan fingerprint density at radius 3 is 2.79 bits per heavy atom. The van der Waals surface area contributed by atoms with Gasteiger partial charge in [-0.1, -0.05) is 23.9 Å². The fourth-order valence-electron chi connectivity index (χ4n) is 2.31. The molecule has 0 bridgehead atoms. The molecule has 0 aromatic heterocycles. The Balaban J connectivity index is 1.40. The Labute approximate surface area is 118 Å². The van der Waals surface area contributed by atoms with E-state index in [1.807, 2.05) is 23.9 Å². The number of nitrogens with zero attached hydrogens (tertiary/aromatic N) is 1. The summed E-state index contributed by atoms with van der Waals surface area (Å²) in [6, 6.07) is 8.27. The first-order valence-corrected chi connectivity index (χ1v) is 7.81. The van der Waals surface area contributed by atoms with Crippen molar-refractivity contribution in [1.82, 2.24) is 5.32 Å². The van der Waals surface area contributed by atoms with Crippen LogP contribution in [0.5, 0.6) is 5.75 Å². The zero-order valence-corrected chi connectivity index (χ0v) is 12.1. The van der Waals surface area contributed by atoms with E-state index in [9.17, 15) is 0 Å². The van der Waals surface area contributed by atoms with Gasteiger partial charge in [-0.15, -0.1) is 0 Å². The Morgan fingerprint density at radius 2 is 2.11 bits per heavy atom. The molecular weight excluding hydrogens is 256 g/mol. The summed E-state index contributed by atoms with van der Waals surface area (Å²) in [4.78, 5) is 4.59. The largest absolute Gasteiger partial charge is 0.497 e. The molecule has 1 saturated carbocycles. The maximum Gasteiger partial charge on any atom is 0.156 e. The van der Waals surface area contributed by atoms with Crippen LogP contribution in [0.15, 0.2) is 29.3 Å². The van der Waals surface area contributed by atoms with E-state index >= 15 is 0 Å². The van der Waals surface area contributed by atoms with Gasteiger partial charge in [-0.05, 0) is 42.9 Å². The van der Waals surface area contributed by atoms with Crippen LogP contribution >= 0.6 is 11.8 Å². The standard InChI is InChI=1S/C15H20N2OS/c1-18-13-6-2-11(3-7-13)8-9-16-15-17-10-14(19-15)12-4-5-12/h2-3,6-7,12,14H,4-5,8-10H2,1H3,(H,16,17). The molecular formula is C15H20N2OS. The van der Waals surface area contributed by atoms with Gasteiger partial charge in [0.1, 0.15) is 5.75 Å². The molecule has 1 aromatic carbocycles. The van der Waals surface area contributed by atoms with Crippen LogP contribution in [0.4, 0.5) is 0 Å². The van der Waals surface area contributed by atoms with Gasteiger partial charge in [-0.2, -0.15) is 0 Å². The van der Waals surface area contributed by atoms with E-state index in [1.165, 1.54) is 18.4 Å². The molecule has 0 spiro atoms. The monoisotopic (exact) mass is 276 g/mol. The Morgan fingerprint density at radius 1 is 1.32 bits per heavy atom. The number of methoxy groups -OCH3 is 1. The highest BCUT2D eigenvalue weighted by molar-refractivity contribution is 8.14. The maximum atomic E-state index is 5.16. The predicted octanol–water partition coefficient (Wildman–Crippen LogP) is 2.71. The topological polar surface area (TPSA) is 33.6 Å². The first-order valence-electron chi connectivity index (χ1n) is 6.93. The smallest absolute Gasteiger partial charge is 0.156 e. The quantitative estimate of drug-likeness (QED) is 0.898. The average Bonchev–Trinajstić information content (AvgIpc) is 3.20. The van der Waals surface area contributed by atoms with Crippen molar-refractivity contribution in [3.05, 3.63) is 29.8 Å². The molecule has 1 aromatic rings.